The first kappa shape index (κ1) is 33.0. The van der Waals surface area contributed by atoms with Crippen molar-refractivity contribution in [2.45, 2.75) is 64.0 Å². The van der Waals surface area contributed by atoms with E-state index in [1.807, 2.05) is 6.92 Å². The Balaban J connectivity index is 1.46. The van der Waals surface area contributed by atoms with Gasteiger partial charge in [0.1, 0.15) is 18.1 Å². The van der Waals surface area contributed by atoms with Crippen molar-refractivity contribution in [3.05, 3.63) is 69.7 Å². The maximum Gasteiger partial charge on any atom is 0.455 e. The summed E-state index contributed by atoms with van der Waals surface area (Å²) in [6, 6.07) is 3.93. The molecule has 3 N–H and O–H groups in total. The third-order valence-electron chi connectivity index (χ3n) is 8.70. The average molecular weight is 641 g/mol. The van der Waals surface area contributed by atoms with Crippen LogP contribution in [-0.2, 0) is 33.2 Å². The van der Waals surface area contributed by atoms with Crippen molar-refractivity contribution in [2.75, 3.05) is 11.5 Å². The Labute approximate surface area is 254 Å². The SMILES string of the molecule is CC/C(=C\c1ccc(CO)o1)CC[C@H]1OB(O)C[C@H]2C1=C(CO)C[C@H]1C(=O)N(c3cc(C(F)(F)F)cc(C(F)(F)F)c3)C(=O)[C@H]12. The maximum absolute atomic E-state index is 13.8. The van der Waals surface area contributed by atoms with Gasteiger partial charge < -0.3 is 24.3 Å². The van der Waals surface area contributed by atoms with Gasteiger partial charge in [0, 0.05) is 0 Å². The van der Waals surface area contributed by atoms with Crippen molar-refractivity contribution in [3.8, 4) is 0 Å². The highest BCUT2D eigenvalue weighted by Gasteiger charge is 2.58. The molecule has 2 aromatic rings. The van der Waals surface area contributed by atoms with Crippen LogP contribution < -0.4 is 4.90 Å². The molecule has 4 atom stereocenters. The molecule has 3 aliphatic rings. The normalized spacial score (nSPS) is 24.4. The minimum atomic E-state index is -5.19. The first-order chi connectivity index (χ1) is 21.2. The van der Waals surface area contributed by atoms with Crippen molar-refractivity contribution in [1.82, 2.24) is 0 Å². The van der Waals surface area contributed by atoms with Gasteiger partial charge in [0.05, 0.1) is 41.4 Å². The van der Waals surface area contributed by atoms with E-state index in [1.165, 1.54) is 0 Å². The lowest BCUT2D eigenvalue weighted by molar-refractivity contribution is -0.143. The third kappa shape index (κ3) is 6.48. The van der Waals surface area contributed by atoms with Crippen molar-refractivity contribution < 1.29 is 60.2 Å². The smallest absolute Gasteiger partial charge is 0.455 e. The highest BCUT2D eigenvalue weighted by molar-refractivity contribution is 6.43. The summed E-state index contributed by atoms with van der Waals surface area (Å²) in [5.41, 5.74) is -2.37. The molecule has 45 heavy (non-hydrogen) atoms. The zero-order chi connectivity index (χ0) is 32.8. The monoisotopic (exact) mass is 641 g/mol. The Morgan fingerprint density at radius 2 is 1.67 bits per heavy atom. The number of allylic oxidation sites excluding steroid dienone is 1. The van der Waals surface area contributed by atoms with E-state index in [0.29, 0.717) is 59.0 Å². The Kier molecular flexibility index (Phi) is 9.10. The zero-order valence-corrected chi connectivity index (χ0v) is 24.0. The van der Waals surface area contributed by atoms with Crippen molar-refractivity contribution in [3.63, 3.8) is 0 Å². The molecule has 5 rings (SSSR count). The molecular formula is C30H30BF6NO7. The zero-order valence-electron chi connectivity index (χ0n) is 24.0. The standard InChI is InChI=1S/C30H30BF6NO7/c1-2-15(7-20-4-5-21(14-40)44-20)3-6-24-25-16(13-39)8-22-26(23(25)12-31(43)45-24)28(42)38(27(22)41)19-10-17(29(32,33)34)9-18(11-19)30(35,36)37/h4-5,7,9-11,22-24,26,39-40,43H,2-3,6,8,12-14H2,1H3/b15-7+/t22-,23+,24-,26-/m1/s1. The van der Waals surface area contributed by atoms with E-state index in [9.17, 15) is 51.2 Å². The van der Waals surface area contributed by atoms with Gasteiger partial charge in [0.15, 0.2) is 0 Å². The molecule has 0 unspecified atom stereocenters. The van der Waals surface area contributed by atoms with Crippen LogP contribution in [0.1, 0.15) is 55.3 Å². The number of nitrogens with zero attached hydrogens (tertiary/aromatic N) is 1. The fourth-order valence-electron chi connectivity index (χ4n) is 6.66. The summed E-state index contributed by atoms with van der Waals surface area (Å²) in [5.74, 6) is -4.23. The van der Waals surface area contributed by atoms with Gasteiger partial charge in [-0.05, 0) is 85.5 Å². The Morgan fingerprint density at radius 3 is 2.22 bits per heavy atom. The predicted molar refractivity (Wildman–Crippen MR) is 148 cm³/mol. The summed E-state index contributed by atoms with van der Waals surface area (Å²) in [4.78, 5) is 27.7. The summed E-state index contributed by atoms with van der Waals surface area (Å²) < 4.78 is 92.7. The van der Waals surface area contributed by atoms with Crippen LogP contribution in [0.2, 0.25) is 6.32 Å². The first-order valence-corrected chi connectivity index (χ1v) is 14.4. The van der Waals surface area contributed by atoms with Crippen LogP contribution in [-0.4, -0.2) is 46.9 Å². The number of halogens is 6. The van der Waals surface area contributed by atoms with Gasteiger partial charge in [0.2, 0.25) is 11.8 Å². The minimum Gasteiger partial charge on any atom is -0.459 e. The number of hydrogen-bond donors (Lipinski definition) is 3. The number of fused-ring (bicyclic) bond motifs is 3. The molecule has 2 aliphatic heterocycles. The molecule has 15 heteroatoms. The second-order valence-electron chi connectivity index (χ2n) is 11.4. The van der Waals surface area contributed by atoms with Crippen LogP contribution in [0.25, 0.3) is 6.08 Å². The van der Waals surface area contributed by atoms with Gasteiger partial charge in [0.25, 0.3) is 0 Å². The van der Waals surface area contributed by atoms with Crippen LogP contribution >= 0.6 is 0 Å². The molecule has 1 aromatic heterocycles. The van der Waals surface area contributed by atoms with E-state index in [0.717, 1.165) is 5.57 Å². The number of rotatable bonds is 8. The topological polar surface area (TPSA) is 120 Å². The van der Waals surface area contributed by atoms with Crippen molar-refractivity contribution in [1.29, 1.82) is 0 Å². The molecule has 0 bridgehead atoms. The summed E-state index contributed by atoms with van der Waals surface area (Å²) in [6.45, 7) is 1.13. The molecule has 0 saturated carbocycles. The number of amides is 2. The molecule has 1 aromatic carbocycles. The Bertz CT molecular complexity index is 1500. The van der Waals surface area contributed by atoms with Crippen LogP contribution in [0.3, 0.4) is 0 Å². The van der Waals surface area contributed by atoms with E-state index in [1.54, 1.807) is 18.2 Å². The first-order valence-electron chi connectivity index (χ1n) is 14.4. The second kappa shape index (κ2) is 12.4. The van der Waals surface area contributed by atoms with Crippen molar-refractivity contribution in [2.24, 2.45) is 17.8 Å². The van der Waals surface area contributed by atoms with E-state index in [-0.39, 0.29) is 25.4 Å². The van der Waals surface area contributed by atoms with Gasteiger partial charge in [-0.1, -0.05) is 12.5 Å². The molecule has 0 radical (unpaired) electrons. The van der Waals surface area contributed by atoms with E-state index in [4.69, 9.17) is 9.07 Å². The fraction of sp³-hybridized carbons (Fsp3) is 0.467. The summed E-state index contributed by atoms with van der Waals surface area (Å²) >= 11 is 0. The van der Waals surface area contributed by atoms with Crippen LogP contribution in [0.4, 0.5) is 32.0 Å². The molecule has 3 heterocycles. The number of carbonyl (C=O) groups is 2. The summed E-state index contributed by atoms with van der Waals surface area (Å²) in [7, 11) is -1.38. The van der Waals surface area contributed by atoms with Gasteiger partial charge in [-0.25, -0.2) is 4.90 Å². The fourth-order valence-corrected chi connectivity index (χ4v) is 6.66. The number of aliphatic hydroxyl groups is 2. The predicted octanol–water partition coefficient (Wildman–Crippen LogP) is 5.38. The van der Waals surface area contributed by atoms with Crippen LogP contribution in [0.5, 0.6) is 0 Å². The number of imide groups is 1. The lowest BCUT2D eigenvalue weighted by Crippen LogP contribution is -2.46. The van der Waals surface area contributed by atoms with Gasteiger partial charge in [-0.3, -0.25) is 9.59 Å². The van der Waals surface area contributed by atoms with E-state index < -0.39 is 78.6 Å². The Hall–Kier alpha value is -3.40. The van der Waals surface area contributed by atoms with Gasteiger partial charge in [-0.2, -0.15) is 26.3 Å². The molecule has 2 fully saturated rings. The lowest BCUT2D eigenvalue weighted by Gasteiger charge is -2.43. The Morgan fingerprint density at radius 1 is 1.00 bits per heavy atom. The average Bonchev–Trinajstić information content (AvgIpc) is 3.54. The quantitative estimate of drug-likeness (QED) is 0.153. The van der Waals surface area contributed by atoms with E-state index >= 15 is 0 Å². The minimum absolute atomic E-state index is 0.0824. The highest BCUT2D eigenvalue weighted by Crippen LogP contribution is 2.52. The lowest BCUT2D eigenvalue weighted by atomic mass is 9.58. The summed E-state index contributed by atoms with van der Waals surface area (Å²) in [6.07, 6.45) is -8.32. The maximum atomic E-state index is 13.8. The number of benzene rings is 1. The molecule has 2 amide bonds. The largest absolute Gasteiger partial charge is 0.459 e. The number of anilines is 1. The number of carbonyl (C=O) groups excluding carboxylic acids is 2. The van der Waals surface area contributed by atoms with Crippen molar-refractivity contribution >= 4 is 30.7 Å². The number of alkyl halides is 6. The molecule has 0 spiro atoms. The molecule has 2 saturated heterocycles. The number of hydrogen-bond acceptors (Lipinski definition) is 7. The van der Waals surface area contributed by atoms with Gasteiger partial charge in [-0.15, -0.1) is 0 Å². The van der Waals surface area contributed by atoms with Crippen LogP contribution in [0, 0.1) is 17.8 Å². The third-order valence-corrected chi connectivity index (χ3v) is 8.70. The molecule has 8 nitrogen and oxygen atoms in total. The number of aliphatic hydroxyl groups excluding tert-OH is 2. The van der Waals surface area contributed by atoms with E-state index in [2.05, 4.69) is 0 Å². The summed E-state index contributed by atoms with van der Waals surface area (Å²) in [5, 5.41) is 30.2. The molecule has 1 aliphatic carbocycles. The molecular weight excluding hydrogens is 611 g/mol. The van der Waals surface area contributed by atoms with Crippen LogP contribution in [0.15, 0.2) is 51.5 Å². The second-order valence-corrected chi connectivity index (χ2v) is 11.4. The highest BCUT2D eigenvalue weighted by atomic mass is 19.4. The number of furan rings is 1. The molecule has 242 valence electrons. The van der Waals surface area contributed by atoms with Gasteiger partial charge >= 0.3 is 19.5 Å².